The summed E-state index contributed by atoms with van der Waals surface area (Å²) in [5.41, 5.74) is 0.425. The molecule has 0 aliphatic heterocycles. The van der Waals surface area contributed by atoms with Crippen LogP contribution < -0.4 is 15.0 Å². The van der Waals surface area contributed by atoms with Crippen LogP contribution in [0.1, 0.15) is 5.56 Å². The van der Waals surface area contributed by atoms with Crippen molar-refractivity contribution in [2.24, 2.45) is 5.10 Å². The minimum absolute atomic E-state index is 0.0780. The third kappa shape index (κ3) is 4.54. The second-order valence-electron chi connectivity index (χ2n) is 7.93. The Morgan fingerprint density at radius 2 is 2.05 bits per heavy atom. The average Bonchev–Trinajstić information content (AvgIpc) is 3.34. The third-order valence-corrected chi connectivity index (χ3v) is 5.78. The smallest absolute Gasteiger partial charge is 0.315 e. The first-order valence-electron chi connectivity index (χ1n) is 11.1. The number of furan rings is 1. The number of para-hydroxylation sites is 1. The van der Waals surface area contributed by atoms with E-state index < -0.39 is 10.5 Å². The molecule has 0 unspecified atom stereocenters. The summed E-state index contributed by atoms with van der Waals surface area (Å²) in [5.74, 6) is 2.64. The van der Waals surface area contributed by atoms with Crippen LogP contribution in [-0.2, 0) is 0 Å². The lowest BCUT2D eigenvalue weighted by atomic mass is 10.2. The van der Waals surface area contributed by atoms with Crippen molar-refractivity contribution in [3.63, 3.8) is 0 Å². The van der Waals surface area contributed by atoms with Crippen molar-refractivity contribution in [2.45, 2.75) is 0 Å². The molecule has 0 saturated heterocycles. The lowest BCUT2D eigenvalue weighted by Gasteiger charge is -2.10. The Hall–Kier alpha value is -5.14. The highest BCUT2D eigenvalue weighted by Crippen LogP contribution is 2.38. The fourth-order valence-electron chi connectivity index (χ4n) is 3.87. The van der Waals surface area contributed by atoms with Gasteiger partial charge in [-0.2, -0.15) is 9.78 Å². The minimum atomic E-state index is -0.625. The number of nitro groups is 1. The molecule has 5 rings (SSSR count). The largest absolute Gasteiger partial charge is 0.493 e. The van der Waals surface area contributed by atoms with E-state index in [1.165, 1.54) is 25.5 Å². The van der Waals surface area contributed by atoms with Gasteiger partial charge in [0.1, 0.15) is 12.2 Å². The van der Waals surface area contributed by atoms with E-state index in [4.69, 9.17) is 31.9 Å². The Morgan fingerprint density at radius 1 is 1.24 bits per heavy atom. The van der Waals surface area contributed by atoms with Crippen molar-refractivity contribution in [2.75, 3.05) is 13.7 Å². The van der Waals surface area contributed by atoms with Gasteiger partial charge in [0, 0.05) is 22.0 Å². The van der Waals surface area contributed by atoms with E-state index in [1.54, 1.807) is 48.5 Å². The van der Waals surface area contributed by atoms with E-state index in [0.717, 1.165) is 4.68 Å². The van der Waals surface area contributed by atoms with Gasteiger partial charge in [0.05, 0.1) is 29.2 Å². The molecule has 0 fully saturated rings. The van der Waals surface area contributed by atoms with Gasteiger partial charge in [-0.3, -0.25) is 14.9 Å². The molecule has 0 saturated carbocycles. The highest BCUT2D eigenvalue weighted by Gasteiger charge is 2.22. The van der Waals surface area contributed by atoms with Gasteiger partial charge in [-0.05, 0) is 42.5 Å². The van der Waals surface area contributed by atoms with Crippen LogP contribution in [0.3, 0.4) is 0 Å². The van der Waals surface area contributed by atoms with Gasteiger partial charge >= 0.3 is 5.69 Å². The van der Waals surface area contributed by atoms with Gasteiger partial charge in [-0.25, -0.2) is 4.98 Å². The molecule has 0 amide bonds. The van der Waals surface area contributed by atoms with Gasteiger partial charge in [-0.15, -0.1) is 6.42 Å². The molecule has 11 heteroatoms. The van der Waals surface area contributed by atoms with Crippen molar-refractivity contribution in [3.8, 4) is 35.4 Å². The first kappa shape index (κ1) is 24.5. The molecular formula is C27H17ClN4O6. The van der Waals surface area contributed by atoms with Gasteiger partial charge < -0.3 is 13.9 Å². The summed E-state index contributed by atoms with van der Waals surface area (Å²) in [6.45, 7) is -0.186. The van der Waals surface area contributed by atoms with Crippen molar-refractivity contribution < 1.29 is 18.8 Å². The molecular weight excluding hydrogens is 512 g/mol. The Labute approximate surface area is 219 Å². The van der Waals surface area contributed by atoms with Gasteiger partial charge in [-0.1, -0.05) is 29.7 Å². The summed E-state index contributed by atoms with van der Waals surface area (Å²) in [5, 5.41) is 17.6. The number of methoxy groups -OCH3 is 1. The number of nitrogens with zero attached hydrogens (tertiary/aromatic N) is 4. The molecule has 0 atom stereocenters. The lowest BCUT2D eigenvalue weighted by molar-refractivity contribution is -0.385. The molecule has 2 heterocycles. The van der Waals surface area contributed by atoms with Crippen LogP contribution in [0.5, 0.6) is 11.5 Å². The Morgan fingerprint density at radius 3 is 2.82 bits per heavy atom. The van der Waals surface area contributed by atoms with E-state index in [0.29, 0.717) is 26.9 Å². The Kier molecular flexibility index (Phi) is 6.51. The van der Waals surface area contributed by atoms with E-state index in [2.05, 4.69) is 16.0 Å². The third-order valence-electron chi connectivity index (χ3n) is 5.55. The monoisotopic (exact) mass is 528 g/mol. The van der Waals surface area contributed by atoms with Crippen LogP contribution in [0.4, 0.5) is 5.69 Å². The molecule has 0 radical (unpaired) electrons. The van der Waals surface area contributed by atoms with E-state index in [1.807, 2.05) is 0 Å². The normalized spacial score (nSPS) is 11.2. The second kappa shape index (κ2) is 10.1. The molecule has 2 aromatic heterocycles. The number of halogens is 1. The summed E-state index contributed by atoms with van der Waals surface area (Å²) in [7, 11) is 1.34. The van der Waals surface area contributed by atoms with Crippen LogP contribution in [0.15, 0.2) is 75.0 Å². The molecule has 188 valence electrons. The number of benzene rings is 3. The summed E-state index contributed by atoms with van der Waals surface area (Å²) >= 11 is 6.11. The van der Waals surface area contributed by atoms with E-state index in [9.17, 15) is 14.9 Å². The molecule has 38 heavy (non-hydrogen) atoms. The summed E-state index contributed by atoms with van der Waals surface area (Å²) in [4.78, 5) is 29.2. The van der Waals surface area contributed by atoms with Crippen LogP contribution in [0.2, 0.25) is 5.02 Å². The summed E-state index contributed by atoms with van der Waals surface area (Å²) < 4.78 is 17.6. The number of hydrogen-bond acceptors (Lipinski definition) is 8. The van der Waals surface area contributed by atoms with Crippen molar-refractivity contribution in [1.82, 2.24) is 9.66 Å². The zero-order valence-corrected chi connectivity index (χ0v) is 20.5. The van der Waals surface area contributed by atoms with Crippen LogP contribution in [0, 0.1) is 22.5 Å². The number of ether oxygens (including phenoxy) is 2. The molecule has 5 aromatic rings. The first-order valence-corrected chi connectivity index (χ1v) is 11.5. The molecule has 0 spiro atoms. The number of terminal acetylenes is 1. The van der Waals surface area contributed by atoms with Crippen LogP contribution >= 0.6 is 11.6 Å². The molecule has 0 N–H and O–H groups in total. The quantitative estimate of drug-likeness (QED) is 0.122. The van der Waals surface area contributed by atoms with E-state index in [-0.39, 0.29) is 40.9 Å². The van der Waals surface area contributed by atoms with Gasteiger partial charge in [0.2, 0.25) is 11.6 Å². The second-order valence-corrected chi connectivity index (χ2v) is 8.36. The SMILES string of the molecule is C#CCOc1c(OC)cc(C=Nn2c(-c3cc4cc(Cl)ccc4o3)nc3ccccc3c2=O)cc1[N+](=O)[O-]. The highest BCUT2D eigenvalue weighted by molar-refractivity contribution is 6.31. The van der Waals surface area contributed by atoms with Gasteiger partial charge in [0.15, 0.2) is 11.5 Å². The standard InChI is InChI=1S/C27H17ClN4O6/c1-3-10-37-25-21(32(34)35)11-16(12-23(25)36-2)15-29-31-26(30-20-7-5-4-6-19(20)27(31)33)24-14-17-13-18(28)8-9-22(17)38-24/h1,4-9,11-15H,10H2,2H3. The maximum atomic E-state index is 13.5. The topological polar surface area (TPSA) is 122 Å². The molecule has 0 bridgehead atoms. The highest BCUT2D eigenvalue weighted by atomic mass is 35.5. The zero-order valence-electron chi connectivity index (χ0n) is 19.8. The van der Waals surface area contributed by atoms with Crippen LogP contribution in [0.25, 0.3) is 33.5 Å². The summed E-state index contributed by atoms with van der Waals surface area (Å²) in [6.07, 6.45) is 6.50. The number of rotatable bonds is 7. The maximum Gasteiger partial charge on any atom is 0.315 e. The van der Waals surface area contributed by atoms with E-state index >= 15 is 0 Å². The number of fused-ring (bicyclic) bond motifs is 2. The average molecular weight is 529 g/mol. The fourth-order valence-corrected chi connectivity index (χ4v) is 4.05. The van der Waals surface area contributed by atoms with Crippen molar-refractivity contribution in [3.05, 3.63) is 91.7 Å². The fraction of sp³-hybridized carbons (Fsp3) is 0.0741. The van der Waals surface area contributed by atoms with Crippen molar-refractivity contribution in [1.29, 1.82) is 0 Å². The lowest BCUT2D eigenvalue weighted by Crippen LogP contribution is -2.20. The van der Waals surface area contributed by atoms with Crippen molar-refractivity contribution >= 4 is 45.4 Å². The van der Waals surface area contributed by atoms with Gasteiger partial charge in [0.25, 0.3) is 5.56 Å². The Bertz CT molecular complexity index is 1850. The first-order chi connectivity index (χ1) is 18.4. The molecule has 0 aliphatic rings. The van der Waals surface area contributed by atoms with Crippen LogP contribution in [-0.4, -0.2) is 34.5 Å². The maximum absolute atomic E-state index is 13.5. The molecule has 10 nitrogen and oxygen atoms in total. The number of aromatic nitrogens is 2. The minimum Gasteiger partial charge on any atom is -0.493 e. The molecule has 3 aromatic carbocycles. The zero-order chi connectivity index (χ0) is 26.8. The predicted molar refractivity (Wildman–Crippen MR) is 143 cm³/mol. The number of nitro benzene ring substituents is 1. The molecule has 0 aliphatic carbocycles. The Balaban J connectivity index is 1.68. The number of hydrogen-bond donors (Lipinski definition) is 0. The predicted octanol–water partition coefficient (Wildman–Crippen LogP) is 5.27. The summed E-state index contributed by atoms with van der Waals surface area (Å²) in [6, 6.07) is 16.4.